The second-order valence-corrected chi connectivity index (χ2v) is 5.86. The highest BCUT2D eigenvalue weighted by molar-refractivity contribution is 9.10. The van der Waals surface area contributed by atoms with Gasteiger partial charge in [-0.25, -0.2) is 0 Å². The number of ether oxygens (including phenoxy) is 1. The van der Waals surface area contributed by atoms with E-state index in [4.69, 9.17) is 20.8 Å². The van der Waals surface area contributed by atoms with Gasteiger partial charge in [-0.2, -0.15) is 0 Å². The van der Waals surface area contributed by atoms with E-state index in [1.54, 1.807) is 24.3 Å². The number of carbonyl (C=O) groups excluding carboxylic acids is 1. The van der Waals surface area contributed by atoms with Gasteiger partial charge in [0.05, 0.1) is 17.3 Å². The van der Waals surface area contributed by atoms with E-state index in [2.05, 4.69) is 21.2 Å². The zero-order chi connectivity index (χ0) is 15.7. The number of nitrogens with one attached hydrogen (secondary N) is 1. The molecule has 1 N–H and O–H groups in total. The van der Waals surface area contributed by atoms with Crippen LogP contribution in [0.1, 0.15) is 10.6 Å². The van der Waals surface area contributed by atoms with Crippen LogP contribution in [0.4, 0.5) is 5.69 Å². The van der Waals surface area contributed by atoms with Gasteiger partial charge in [0.25, 0.3) is 5.91 Å². The SMILES string of the molecule is COc1ccc(Cl)cc1NC(=O)c1cc2cccc(Br)c2o1. The van der Waals surface area contributed by atoms with Gasteiger partial charge in [0.15, 0.2) is 5.76 Å². The van der Waals surface area contributed by atoms with E-state index in [1.165, 1.54) is 7.11 Å². The lowest BCUT2D eigenvalue weighted by atomic mass is 10.2. The summed E-state index contributed by atoms with van der Waals surface area (Å²) in [7, 11) is 1.52. The van der Waals surface area contributed by atoms with Gasteiger partial charge in [-0.15, -0.1) is 0 Å². The normalized spacial score (nSPS) is 10.7. The number of benzene rings is 2. The summed E-state index contributed by atoms with van der Waals surface area (Å²) < 4.78 is 11.6. The van der Waals surface area contributed by atoms with Crippen LogP contribution >= 0.6 is 27.5 Å². The number of rotatable bonds is 3. The maximum atomic E-state index is 12.4. The quantitative estimate of drug-likeness (QED) is 0.687. The second-order valence-electron chi connectivity index (χ2n) is 4.57. The fourth-order valence-electron chi connectivity index (χ4n) is 2.10. The molecule has 0 aliphatic heterocycles. The number of hydrogen-bond acceptors (Lipinski definition) is 3. The van der Waals surface area contributed by atoms with Crippen molar-refractivity contribution in [1.82, 2.24) is 0 Å². The van der Waals surface area contributed by atoms with E-state index in [1.807, 2.05) is 18.2 Å². The predicted molar refractivity (Wildman–Crippen MR) is 89.9 cm³/mol. The highest BCUT2D eigenvalue weighted by atomic mass is 79.9. The molecule has 0 unspecified atom stereocenters. The number of carbonyl (C=O) groups is 1. The molecule has 4 nitrogen and oxygen atoms in total. The van der Waals surface area contributed by atoms with Gasteiger partial charge in [0.1, 0.15) is 11.3 Å². The number of anilines is 1. The van der Waals surface area contributed by atoms with E-state index >= 15 is 0 Å². The molecule has 0 bridgehead atoms. The third kappa shape index (κ3) is 2.82. The molecule has 0 aliphatic carbocycles. The van der Waals surface area contributed by atoms with Crippen LogP contribution in [0.25, 0.3) is 11.0 Å². The molecule has 1 amide bonds. The molecule has 3 aromatic rings. The highest BCUT2D eigenvalue weighted by Gasteiger charge is 2.16. The molecule has 0 radical (unpaired) electrons. The minimum absolute atomic E-state index is 0.212. The number of fused-ring (bicyclic) bond motifs is 1. The lowest BCUT2D eigenvalue weighted by Crippen LogP contribution is -2.11. The number of amides is 1. The number of methoxy groups -OCH3 is 1. The number of halogens is 2. The van der Waals surface area contributed by atoms with Crippen LogP contribution < -0.4 is 10.1 Å². The Bertz CT molecular complexity index is 860. The van der Waals surface area contributed by atoms with E-state index in [0.29, 0.717) is 22.0 Å². The molecule has 22 heavy (non-hydrogen) atoms. The van der Waals surface area contributed by atoms with Crippen molar-refractivity contribution in [2.24, 2.45) is 0 Å². The Morgan fingerprint density at radius 1 is 1.27 bits per heavy atom. The van der Waals surface area contributed by atoms with Crippen molar-refractivity contribution < 1.29 is 13.9 Å². The Labute approximate surface area is 140 Å². The van der Waals surface area contributed by atoms with Gasteiger partial charge in [-0.1, -0.05) is 23.7 Å². The van der Waals surface area contributed by atoms with E-state index < -0.39 is 0 Å². The predicted octanol–water partition coefficient (Wildman–Crippen LogP) is 5.11. The zero-order valence-electron chi connectivity index (χ0n) is 11.5. The van der Waals surface area contributed by atoms with Crippen LogP contribution in [0.2, 0.25) is 5.02 Å². The summed E-state index contributed by atoms with van der Waals surface area (Å²) in [5, 5.41) is 4.09. The summed E-state index contributed by atoms with van der Waals surface area (Å²) in [4.78, 5) is 12.4. The molecule has 0 atom stereocenters. The van der Waals surface area contributed by atoms with Crippen LogP contribution in [0.15, 0.2) is 51.4 Å². The van der Waals surface area contributed by atoms with E-state index in [-0.39, 0.29) is 11.7 Å². The molecule has 1 aromatic heterocycles. The maximum Gasteiger partial charge on any atom is 0.291 e. The first kappa shape index (κ1) is 14.9. The van der Waals surface area contributed by atoms with Crippen LogP contribution in [-0.4, -0.2) is 13.0 Å². The fraction of sp³-hybridized carbons (Fsp3) is 0.0625. The summed E-state index contributed by atoms with van der Waals surface area (Å²) in [5.74, 6) is 0.364. The van der Waals surface area contributed by atoms with Crippen molar-refractivity contribution in [3.63, 3.8) is 0 Å². The largest absolute Gasteiger partial charge is 0.495 e. The average molecular weight is 381 g/mol. The lowest BCUT2D eigenvalue weighted by molar-refractivity contribution is 0.0998. The van der Waals surface area contributed by atoms with Crippen LogP contribution in [0.5, 0.6) is 5.75 Å². The summed E-state index contributed by atoms with van der Waals surface area (Å²) in [6.45, 7) is 0. The molecular formula is C16H11BrClNO3. The lowest BCUT2D eigenvalue weighted by Gasteiger charge is -2.09. The van der Waals surface area contributed by atoms with Crippen LogP contribution in [-0.2, 0) is 0 Å². The Morgan fingerprint density at radius 2 is 2.09 bits per heavy atom. The summed E-state index contributed by atoms with van der Waals surface area (Å²) in [5.41, 5.74) is 1.12. The molecule has 0 saturated carbocycles. The summed E-state index contributed by atoms with van der Waals surface area (Å²) in [6, 6.07) is 12.3. The molecule has 3 rings (SSSR count). The molecule has 0 aliphatic rings. The Kier molecular flexibility index (Phi) is 4.09. The number of furan rings is 1. The van der Waals surface area contributed by atoms with Gasteiger partial charge in [-0.3, -0.25) is 4.79 Å². The molecular weight excluding hydrogens is 370 g/mol. The van der Waals surface area contributed by atoms with Gasteiger partial charge in [0.2, 0.25) is 0 Å². The molecule has 0 spiro atoms. The van der Waals surface area contributed by atoms with Gasteiger partial charge < -0.3 is 14.5 Å². The topological polar surface area (TPSA) is 51.5 Å². The number of hydrogen-bond donors (Lipinski definition) is 1. The summed E-state index contributed by atoms with van der Waals surface area (Å²) >= 11 is 9.35. The fourth-order valence-corrected chi connectivity index (χ4v) is 2.74. The third-order valence-corrected chi connectivity index (χ3v) is 3.99. The maximum absolute atomic E-state index is 12.4. The first-order valence-electron chi connectivity index (χ1n) is 6.41. The van der Waals surface area contributed by atoms with Gasteiger partial charge in [0, 0.05) is 10.4 Å². The monoisotopic (exact) mass is 379 g/mol. The molecule has 6 heteroatoms. The standard InChI is InChI=1S/C16H11BrClNO3/c1-21-13-6-5-10(18)8-12(13)19-16(20)14-7-9-3-2-4-11(17)15(9)22-14/h2-8H,1H3,(H,19,20). The third-order valence-electron chi connectivity index (χ3n) is 3.13. The first-order chi connectivity index (χ1) is 10.6. The summed E-state index contributed by atoms with van der Waals surface area (Å²) in [6.07, 6.45) is 0. The van der Waals surface area contributed by atoms with E-state index in [0.717, 1.165) is 9.86 Å². The Morgan fingerprint density at radius 3 is 2.82 bits per heavy atom. The average Bonchev–Trinajstić information content (AvgIpc) is 2.93. The minimum Gasteiger partial charge on any atom is -0.495 e. The van der Waals surface area contributed by atoms with Gasteiger partial charge in [-0.05, 0) is 46.3 Å². The van der Waals surface area contributed by atoms with Crippen LogP contribution in [0.3, 0.4) is 0 Å². The van der Waals surface area contributed by atoms with E-state index in [9.17, 15) is 4.79 Å². The second kappa shape index (κ2) is 6.02. The molecule has 0 fully saturated rings. The molecule has 1 heterocycles. The van der Waals surface area contributed by atoms with Crippen molar-refractivity contribution >= 4 is 50.1 Å². The van der Waals surface area contributed by atoms with Crippen molar-refractivity contribution in [3.05, 3.63) is 57.7 Å². The minimum atomic E-state index is -0.372. The molecule has 112 valence electrons. The Balaban J connectivity index is 1.93. The first-order valence-corrected chi connectivity index (χ1v) is 7.58. The van der Waals surface area contributed by atoms with Crippen molar-refractivity contribution in [2.75, 3.05) is 12.4 Å². The van der Waals surface area contributed by atoms with Crippen molar-refractivity contribution in [3.8, 4) is 5.75 Å². The zero-order valence-corrected chi connectivity index (χ0v) is 13.9. The highest BCUT2D eigenvalue weighted by Crippen LogP contribution is 2.30. The number of para-hydroxylation sites is 1. The smallest absolute Gasteiger partial charge is 0.291 e. The van der Waals surface area contributed by atoms with Gasteiger partial charge >= 0.3 is 0 Å². The van der Waals surface area contributed by atoms with Crippen molar-refractivity contribution in [1.29, 1.82) is 0 Å². The van der Waals surface area contributed by atoms with Crippen molar-refractivity contribution in [2.45, 2.75) is 0 Å². The Hall–Kier alpha value is -1.98. The molecule has 0 saturated heterocycles. The van der Waals surface area contributed by atoms with Crippen LogP contribution in [0, 0.1) is 0 Å². The molecule has 2 aromatic carbocycles.